The minimum atomic E-state index is -1.04. The highest BCUT2D eigenvalue weighted by atomic mass is 16.4. The molecule has 0 fully saturated rings. The monoisotopic (exact) mass is 266 g/mol. The molecule has 3 aromatic rings. The van der Waals surface area contributed by atoms with Gasteiger partial charge in [0.25, 0.3) is 5.56 Å². The molecule has 20 heavy (non-hydrogen) atoms. The van der Waals surface area contributed by atoms with E-state index in [-0.39, 0.29) is 11.1 Å². The number of aromatic carboxylic acids is 1. The number of carboxylic acid groups (broad SMARTS) is 1. The molecule has 0 aliphatic heterocycles. The van der Waals surface area contributed by atoms with E-state index in [1.165, 1.54) is 29.1 Å². The van der Waals surface area contributed by atoms with Crippen molar-refractivity contribution in [1.82, 2.24) is 9.55 Å². The van der Waals surface area contributed by atoms with Gasteiger partial charge in [-0.05, 0) is 30.3 Å². The molecular formula is C15H10N2O3. The Hall–Kier alpha value is -2.95. The fourth-order valence-corrected chi connectivity index (χ4v) is 2.03. The van der Waals surface area contributed by atoms with Crippen molar-refractivity contribution in [3.05, 3.63) is 70.8 Å². The Morgan fingerprint density at radius 3 is 2.55 bits per heavy atom. The third kappa shape index (κ3) is 1.95. The second-order valence-electron chi connectivity index (χ2n) is 4.29. The van der Waals surface area contributed by atoms with E-state index in [9.17, 15) is 9.59 Å². The summed E-state index contributed by atoms with van der Waals surface area (Å²) in [7, 11) is 0. The van der Waals surface area contributed by atoms with Gasteiger partial charge < -0.3 is 5.11 Å². The SMILES string of the molecule is O=C(O)c1ccc2c(=O)n(-c3ccccc3)cnc2c1. The normalized spacial score (nSPS) is 10.6. The van der Waals surface area contributed by atoms with Crippen molar-refractivity contribution in [3.8, 4) is 5.69 Å². The van der Waals surface area contributed by atoms with Gasteiger partial charge >= 0.3 is 5.97 Å². The van der Waals surface area contributed by atoms with E-state index in [0.29, 0.717) is 16.6 Å². The first-order valence-electron chi connectivity index (χ1n) is 5.97. The highest BCUT2D eigenvalue weighted by molar-refractivity contribution is 5.92. The Bertz CT molecular complexity index is 854. The zero-order valence-corrected chi connectivity index (χ0v) is 10.4. The number of aromatic nitrogens is 2. The molecule has 98 valence electrons. The van der Waals surface area contributed by atoms with Crippen LogP contribution in [-0.4, -0.2) is 20.6 Å². The first-order valence-corrected chi connectivity index (χ1v) is 5.97. The smallest absolute Gasteiger partial charge is 0.335 e. The molecular weight excluding hydrogens is 256 g/mol. The van der Waals surface area contributed by atoms with Crippen molar-refractivity contribution in [1.29, 1.82) is 0 Å². The Balaban J connectivity index is 2.25. The lowest BCUT2D eigenvalue weighted by atomic mass is 10.1. The maximum absolute atomic E-state index is 12.4. The molecule has 0 saturated heterocycles. The van der Waals surface area contributed by atoms with Gasteiger partial charge in [-0.1, -0.05) is 18.2 Å². The van der Waals surface area contributed by atoms with Crippen LogP contribution in [0.1, 0.15) is 10.4 Å². The maximum Gasteiger partial charge on any atom is 0.335 e. The second kappa shape index (κ2) is 4.62. The van der Waals surface area contributed by atoms with Crippen LogP contribution >= 0.6 is 0 Å². The zero-order chi connectivity index (χ0) is 14.1. The summed E-state index contributed by atoms with van der Waals surface area (Å²) in [4.78, 5) is 27.5. The second-order valence-corrected chi connectivity index (χ2v) is 4.29. The molecule has 1 heterocycles. The van der Waals surface area contributed by atoms with Crippen molar-refractivity contribution in [3.63, 3.8) is 0 Å². The molecule has 5 nitrogen and oxygen atoms in total. The summed E-state index contributed by atoms with van der Waals surface area (Å²) in [6, 6.07) is 13.4. The Morgan fingerprint density at radius 1 is 1.10 bits per heavy atom. The third-order valence-electron chi connectivity index (χ3n) is 3.04. The molecule has 1 N–H and O–H groups in total. The van der Waals surface area contributed by atoms with Crippen molar-refractivity contribution in [2.45, 2.75) is 0 Å². The van der Waals surface area contributed by atoms with Gasteiger partial charge in [0, 0.05) is 0 Å². The topological polar surface area (TPSA) is 72.2 Å². The first-order chi connectivity index (χ1) is 9.66. The number of carboxylic acids is 1. The van der Waals surface area contributed by atoms with E-state index in [1.54, 1.807) is 12.1 Å². The van der Waals surface area contributed by atoms with Gasteiger partial charge in [-0.2, -0.15) is 0 Å². The van der Waals surface area contributed by atoms with E-state index < -0.39 is 5.97 Å². The van der Waals surface area contributed by atoms with E-state index >= 15 is 0 Å². The summed E-state index contributed by atoms with van der Waals surface area (Å²) in [5.41, 5.74) is 0.983. The van der Waals surface area contributed by atoms with Crippen LogP contribution in [0.25, 0.3) is 16.6 Å². The van der Waals surface area contributed by atoms with Gasteiger partial charge in [-0.25, -0.2) is 9.78 Å². The molecule has 3 rings (SSSR count). The summed E-state index contributed by atoms with van der Waals surface area (Å²) >= 11 is 0. The highest BCUT2D eigenvalue weighted by Crippen LogP contribution is 2.12. The van der Waals surface area contributed by atoms with Crippen molar-refractivity contribution >= 4 is 16.9 Å². The van der Waals surface area contributed by atoms with Crippen LogP contribution in [-0.2, 0) is 0 Å². The summed E-state index contributed by atoms with van der Waals surface area (Å²) in [5, 5.41) is 9.33. The van der Waals surface area contributed by atoms with Gasteiger partial charge in [0.1, 0.15) is 6.33 Å². The Morgan fingerprint density at radius 2 is 1.85 bits per heavy atom. The predicted octanol–water partition coefficient (Wildman–Crippen LogP) is 2.08. The van der Waals surface area contributed by atoms with Crippen LogP contribution in [0, 0.1) is 0 Å². The number of fused-ring (bicyclic) bond motifs is 1. The zero-order valence-electron chi connectivity index (χ0n) is 10.4. The third-order valence-corrected chi connectivity index (χ3v) is 3.04. The lowest BCUT2D eigenvalue weighted by Gasteiger charge is -2.06. The largest absolute Gasteiger partial charge is 0.478 e. The molecule has 0 radical (unpaired) electrons. The lowest BCUT2D eigenvalue weighted by molar-refractivity contribution is 0.0697. The van der Waals surface area contributed by atoms with Gasteiger partial charge in [0.15, 0.2) is 0 Å². The summed E-state index contributed by atoms with van der Waals surface area (Å²) < 4.78 is 1.43. The van der Waals surface area contributed by atoms with Gasteiger partial charge in [-0.3, -0.25) is 9.36 Å². The fraction of sp³-hybridized carbons (Fsp3) is 0. The van der Waals surface area contributed by atoms with Crippen LogP contribution in [0.15, 0.2) is 59.7 Å². The molecule has 0 saturated carbocycles. The van der Waals surface area contributed by atoms with Gasteiger partial charge in [-0.15, -0.1) is 0 Å². The number of hydrogen-bond acceptors (Lipinski definition) is 3. The number of carbonyl (C=O) groups is 1. The molecule has 0 atom stereocenters. The minimum Gasteiger partial charge on any atom is -0.478 e. The molecule has 0 spiro atoms. The summed E-state index contributed by atoms with van der Waals surface area (Å²) in [6.45, 7) is 0. The van der Waals surface area contributed by atoms with E-state index in [4.69, 9.17) is 5.11 Å². The summed E-state index contributed by atoms with van der Waals surface area (Å²) in [6.07, 6.45) is 1.41. The van der Waals surface area contributed by atoms with Crippen molar-refractivity contribution in [2.24, 2.45) is 0 Å². The van der Waals surface area contributed by atoms with Gasteiger partial charge in [0.05, 0.1) is 22.2 Å². The van der Waals surface area contributed by atoms with Crippen LogP contribution in [0.2, 0.25) is 0 Å². The highest BCUT2D eigenvalue weighted by Gasteiger charge is 2.09. The number of hydrogen-bond donors (Lipinski definition) is 1. The molecule has 0 aliphatic carbocycles. The molecule has 0 unspecified atom stereocenters. The molecule has 0 aliphatic rings. The van der Waals surface area contributed by atoms with Crippen molar-refractivity contribution in [2.75, 3.05) is 0 Å². The summed E-state index contributed by atoms with van der Waals surface area (Å²) in [5.74, 6) is -1.04. The number of rotatable bonds is 2. The maximum atomic E-state index is 12.4. The number of benzene rings is 2. The predicted molar refractivity (Wildman–Crippen MR) is 74.3 cm³/mol. The van der Waals surface area contributed by atoms with E-state index in [2.05, 4.69) is 4.98 Å². The van der Waals surface area contributed by atoms with Crippen LogP contribution in [0.3, 0.4) is 0 Å². The van der Waals surface area contributed by atoms with E-state index in [1.807, 2.05) is 18.2 Å². The lowest BCUT2D eigenvalue weighted by Crippen LogP contribution is -2.18. The molecule has 5 heteroatoms. The molecule has 2 aromatic carbocycles. The Kier molecular flexibility index (Phi) is 2.80. The number of nitrogens with zero attached hydrogens (tertiary/aromatic N) is 2. The Labute approximate surface area is 113 Å². The van der Waals surface area contributed by atoms with Crippen LogP contribution < -0.4 is 5.56 Å². The average molecular weight is 266 g/mol. The minimum absolute atomic E-state index is 0.113. The van der Waals surface area contributed by atoms with Crippen molar-refractivity contribution < 1.29 is 9.90 Å². The fourth-order valence-electron chi connectivity index (χ4n) is 2.03. The van der Waals surface area contributed by atoms with Crippen LogP contribution in [0.5, 0.6) is 0 Å². The number of para-hydroxylation sites is 1. The molecule has 0 bridgehead atoms. The first kappa shape index (κ1) is 12.1. The average Bonchev–Trinajstić information content (AvgIpc) is 2.48. The van der Waals surface area contributed by atoms with E-state index in [0.717, 1.165) is 0 Å². The molecule has 0 amide bonds. The molecule has 1 aromatic heterocycles. The quantitative estimate of drug-likeness (QED) is 0.770. The van der Waals surface area contributed by atoms with Crippen LogP contribution in [0.4, 0.5) is 0 Å². The standard InChI is InChI=1S/C15H10N2O3/c18-14-12-7-6-10(15(19)20)8-13(12)16-9-17(14)11-4-2-1-3-5-11/h1-9H,(H,19,20). The van der Waals surface area contributed by atoms with Gasteiger partial charge in [0.2, 0.25) is 0 Å².